The van der Waals surface area contributed by atoms with E-state index in [0.717, 1.165) is 0 Å². The van der Waals surface area contributed by atoms with Gasteiger partial charge in [0.05, 0.1) is 51.3 Å². The van der Waals surface area contributed by atoms with Crippen molar-refractivity contribution in [3.05, 3.63) is 11.6 Å². The Morgan fingerprint density at radius 1 is 0.980 bits per heavy atom. The molecule has 3 N–H and O–H groups in total. The molecule has 8 aliphatic rings. The second-order valence-electron chi connectivity index (χ2n) is 16.0. The fourth-order valence-corrected chi connectivity index (χ4v) is 12.6. The van der Waals surface area contributed by atoms with Crippen LogP contribution in [0.15, 0.2) is 11.6 Å². The van der Waals surface area contributed by atoms with Gasteiger partial charge in [0.25, 0.3) is 0 Å². The molecular formula is C35H48O15. The Kier molecular flexibility index (Phi) is 7.61. The van der Waals surface area contributed by atoms with Crippen molar-refractivity contribution in [3.8, 4) is 0 Å². The quantitative estimate of drug-likeness (QED) is 0.140. The summed E-state index contributed by atoms with van der Waals surface area (Å²) in [6.45, 7) is 7.52. The first kappa shape index (κ1) is 34.9. The number of allylic oxidation sites excluding steroid dienone is 1. The molecule has 0 aromatic rings. The van der Waals surface area contributed by atoms with E-state index in [1.165, 1.54) is 21.1 Å². The number of hydrogen-bond donors (Lipinski definition) is 3. The molecule has 5 saturated heterocycles. The lowest BCUT2D eigenvalue weighted by atomic mass is 9.38. The zero-order chi connectivity index (χ0) is 36.0. The van der Waals surface area contributed by atoms with Crippen molar-refractivity contribution in [2.75, 3.05) is 34.0 Å². The van der Waals surface area contributed by atoms with E-state index in [9.17, 15) is 29.7 Å². The summed E-state index contributed by atoms with van der Waals surface area (Å²) in [5.41, 5.74) is -7.68. The highest BCUT2D eigenvalue weighted by Crippen LogP contribution is 2.82. The van der Waals surface area contributed by atoms with E-state index in [1.54, 1.807) is 19.9 Å². The Hall–Kier alpha value is -2.21. The minimum absolute atomic E-state index is 0.0755. The minimum atomic E-state index is -1.63. The van der Waals surface area contributed by atoms with E-state index in [-0.39, 0.29) is 26.1 Å². The van der Waals surface area contributed by atoms with E-state index in [4.69, 9.17) is 42.6 Å². The van der Waals surface area contributed by atoms with Gasteiger partial charge in [-0.25, -0.2) is 4.79 Å². The van der Waals surface area contributed by atoms with Gasteiger partial charge in [0.2, 0.25) is 0 Å². The molecule has 50 heavy (non-hydrogen) atoms. The number of aliphatic hydroxyl groups excluding tert-OH is 2. The van der Waals surface area contributed by atoms with Gasteiger partial charge in [0.15, 0.2) is 12.6 Å². The Bertz CT molecular complexity index is 1520. The summed E-state index contributed by atoms with van der Waals surface area (Å²) in [6.07, 6.45) is -5.85. The van der Waals surface area contributed by atoms with Crippen molar-refractivity contribution in [1.29, 1.82) is 0 Å². The third-order valence-corrected chi connectivity index (χ3v) is 14.5. The molecule has 8 fully saturated rings. The van der Waals surface area contributed by atoms with Crippen LogP contribution in [0, 0.1) is 34.0 Å². The third kappa shape index (κ3) is 3.74. The first-order valence-corrected chi connectivity index (χ1v) is 17.5. The largest absolute Gasteiger partial charge is 0.468 e. The summed E-state index contributed by atoms with van der Waals surface area (Å²) in [5, 5.41) is 36.0. The summed E-state index contributed by atoms with van der Waals surface area (Å²) in [7, 11) is 2.74. The second kappa shape index (κ2) is 10.9. The van der Waals surface area contributed by atoms with Gasteiger partial charge in [-0.2, -0.15) is 0 Å². The Morgan fingerprint density at radius 2 is 1.72 bits per heavy atom. The number of epoxide rings is 1. The molecule has 0 aromatic heterocycles. The van der Waals surface area contributed by atoms with Crippen molar-refractivity contribution < 1.29 is 72.3 Å². The summed E-state index contributed by atoms with van der Waals surface area (Å²) < 4.78 is 55.4. The molecular weight excluding hydrogens is 660 g/mol. The van der Waals surface area contributed by atoms with Gasteiger partial charge in [0, 0.05) is 61.0 Å². The molecule has 15 nitrogen and oxygen atoms in total. The van der Waals surface area contributed by atoms with Crippen LogP contribution in [0.1, 0.15) is 53.9 Å². The average Bonchev–Trinajstić information content (AvgIpc) is 3.48. The van der Waals surface area contributed by atoms with Crippen LogP contribution in [0.25, 0.3) is 0 Å². The predicted molar refractivity (Wildman–Crippen MR) is 164 cm³/mol. The number of rotatable bonds is 7. The standard InChI is InChI=1S/C35H48O15/c1-8-15(2)27(39)47-20-10-19(46-16(3)37)32-13-44-17(12-36)24(32)30(4,26(38)23-25(32)33(20,14-45-23)28(40)43-7)35-21-9-18(31(35,5)50-35)34(41)11-22(42-6)49-29(34)48-21/h8,17-26,29,36,38,41H,9-14H2,1-7H3/b15-8+/t17-,18-,19+,20-,21+,22+,23-,24+,25-,26-,29-,30+,31+,32-,33+,34-,35+/m1/s1. The lowest BCUT2D eigenvalue weighted by molar-refractivity contribution is -0.309. The van der Waals surface area contributed by atoms with Gasteiger partial charge in [-0.3, -0.25) is 9.59 Å². The van der Waals surface area contributed by atoms with Gasteiger partial charge >= 0.3 is 17.9 Å². The highest BCUT2D eigenvalue weighted by atomic mass is 16.8. The minimum Gasteiger partial charge on any atom is -0.468 e. The van der Waals surface area contributed by atoms with Gasteiger partial charge in [-0.05, 0) is 27.2 Å². The molecule has 1 spiro atoms. The van der Waals surface area contributed by atoms with Crippen LogP contribution in [-0.4, -0.2) is 133 Å². The molecule has 3 saturated carbocycles. The predicted octanol–water partition coefficient (Wildman–Crippen LogP) is 0.145. The van der Waals surface area contributed by atoms with Crippen LogP contribution in [0.5, 0.6) is 0 Å². The van der Waals surface area contributed by atoms with E-state index >= 15 is 0 Å². The van der Waals surface area contributed by atoms with E-state index < -0.39 is 125 Å². The molecule has 5 heterocycles. The van der Waals surface area contributed by atoms with Crippen molar-refractivity contribution >= 4 is 17.9 Å². The third-order valence-electron chi connectivity index (χ3n) is 14.5. The van der Waals surface area contributed by atoms with Crippen molar-refractivity contribution in [2.24, 2.45) is 34.0 Å². The highest BCUT2D eigenvalue weighted by Gasteiger charge is 2.95. The molecule has 8 rings (SSSR count). The second-order valence-corrected chi connectivity index (χ2v) is 16.0. The first-order chi connectivity index (χ1) is 23.6. The first-order valence-electron chi connectivity index (χ1n) is 17.5. The van der Waals surface area contributed by atoms with E-state index in [1.807, 2.05) is 13.8 Å². The van der Waals surface area contributed by atoms with Crippen LogP contribution in [0.4, 0.5) is 0 Å². The lowest BCUT2D eigenvalue weighted by Crippen LogP contribution is -2.77. The molecule has 3 aliphatic carbocycles. The summed E-state index contributed by atoms with van der Waals surface area (Å²) in [4.78, 5) is 40.4. The average molecular weight is 709 g/mol. The summed E-state index contributed by atoms with van der Waals surface area (Å²) in [6, 6.07) is 0. The number of ether oxygens (including phenoxy) is 9. The number of carbonyl (C=O) groups is 3. The summed E-state index contributed by atoms with van der Waals surface area (Å²) in [5.74, 6) is -4.22. The van der Waals surface area contributed by atoms with Gasteiger partial charge in [-0.1, -0.05) is 13.0 Å². The van der Waals surface area contributed by atoms with Crippen LogP contribution in [0.3, 0.4) is 0 Å². The lowest BCUT2D eigenvalue weighted by Gasteiger charge is -2.65. The molecule has 0 aromatic carbocycles. The number of esters is 3. The zero-order valence-corrected chi connectivity index (χ0v) is 29.4. The maximum atomic E-state index is 14.2. The topological polar surface area (TPSA) is 198 Å². The molecule has 2 bridgehead atoms. The number of methoxy groups -OCH3 is 2. The van der Waals surface area contributed by atoms with Crippen molar-refractivity contribution in [1.82, 2.24) is 0 Å². The van der Waals surface area contributed by atoms with Crippen LogP contribution >= 0.6 is 0 Å². The molecule has 15 heteroatoms. The fraction of sp³-hybridized carbons (Fsp3) is 0.857. The SMILES string of the molecule is C/C=C(\C)C(=O)O[C@@H]1C[C@H](OC(C)=O)[C@]23CO[C@H](CO)[C@H]2[C@](C)([C@]24O[C@@]2(C)[C@H]2C[C@@H]4O[C@@H]4O[C@H](OC)C[C@]42O)[C@H](O)[C@@H]2OC[C@@]1(C(=O)OC)[C@H]23. The molecule has 0 radical (unpaired) electrons. The van der Waals surface area contributed by atoms with Gasteiger partial charge in [0.1, 0.15) is 34.4 Å². The highest BCUT2D eigenvalue weighted by molar-refractivity contribution is 5.88. The Morgan fingerprint density at radius 3 is 2.36 bits per heavy atom. The monoisotopic (exact) mass is 708 g/mol. The number of carbonyl (C=O) groups excluding carboxylic acids is 3. The zero-order valence-electron chi connectivity index (χ0n) is 29.4. The van der Waals surface area contributed by atoms with Gasteiger partial charge in [-0.15, -0.1) is 0 Å². The smallest absolute Gasteiger partial charge is 0.333 e. The van der Waals surface area contributed by atoms with Crippen LogP contribution in [0.2, 0.25) is 0 Å². The van der Waals surface area contributed by atoms with Crippen LogP contribution < -0.4 is 0 Å². The molecule has 0 amide bonds. The molecule has 278 valence electrons. The number of aliphatic hydroxyl groups is 3. The van der Waals surface area contributed by atoms with E-state index in [0.29, 0.717) is 12.0 Å². The van der Waals surface area contributed by atoms with Crippen LogP contribution in [-0.2, 0) is 57.0 Å². The van der Waals surface area contributed by atoms with Gasteiger partial charge < -0.3 is 58.0 Å². The molecule has 17 atom stereocenters. The Labute approximate surface area is 289 Å². The number of hydrogen-bond acceptors (Lipinski definition) is 15. The van der Waals surface area contributed by atoms with Crippen molar-refractivity contribution in [2.45, 2.75) is 120 Å². The maximum Gasteiger partial charge on any atom is 0.333 e. The van der Waals surface area contributed by atoms with E-state index in [2.05, 4.69) is 0 Å². The molecule has 0 unspecified atom stereocenters. The summed E-state index contributed by atoms with van der Waals surface area (Å²) >= 11 is 0. The molecule has 5 aliphatic heterocycles. The fourth-order valence-electron chi connectivity index (χ4n) is 12.6. The van der Waals surface area contributed by atoms with Crippen molar-refractivity contribution in [3.63, 3.8) is 0 Å². The Balaban J connectivity index is 1.31. The maximum absolute atomic E-state index is 14.2. The number of fused-ring (bicyclic) bond motifs is 7. The normalized spacial score (nSPS) is 55.4.